The van der Waals surface area contributed by atoms with Crippen LogP contribution in [0.3, 0.4) is 0 Å². The molecule has 2 amide bonds. The highest BCUT2D eigenvalue weighted by molar-refractivity contribution is 7.90. The number of halogens is 1. The molecule has 2 aliphatic heterocycles. The molecule has 0 aromatic heterocycles. The summed E-state index contributed by atoms with van der Waals surface area (Å²) in [4.78, 5) is 24.9. The van der Waals surface area contributed by atoms with Crippen LogP contribution in [0.25, 0.3) is 0 Å². The summed E-state index contributed by atoms with van der Waals surface area (Å²) in [5, 5.41) is 8.44. The van der Waals surface area contributed by atoms with Gasteiger partial charge in [0, 0.05) is 18.7 Å². The molecule has 1 fully saturated rings. The molecule has 0 spiro atoms. The first-order chi connectivity index (χ1) is 15.3. The lowest BCUT2D eigenvalue weighted by molar-refractivity contribution is -0.116. The number of carbonyl (C=O) groups excluding carboxylic acids is 2. The first kappa shape index (κ1) is 22.2. The van der Waals surface area contributed by atoms with Crippen molar-refractivity contribution in [2.24, 2.45) is 0 Å². The highest BCUT2D eigenvalue weighted by atomic mass is 32.2. The van der Waals surface area contributed by atoms with Crippen LogP contribution in [0.15, 0.2) is 42.5 Å². The summed E-state index contributed by atoms with van der Waals surface area (Å²) in [7, 11) is -3.64. The Hall–Kier alpha value is -2.98. The second kappa shape index (κ2) is 9.25. The number of fused-ring (bicyclic) bond motifs is 1. The van der Waals surface area contributed by atoms with E-state index >= 15 is 0 Å². The van der Waals surface area contributed by atoms with E-state index in [-0.39, 0.29) is 17.8 Å². The number of rotatable bonds is 7. The van der Waals surface area contributed by atoms with Crippen molar-refractivity contribution in [2.75, 3.05) is 29.5 Å². The van der Waals surface area contributed by atoms with Gasteiger partial charge < -0.3 is 20.7 Å². The summed E-state index contributed by atoms with van der Waals surface area (Å²) in [5.74, 6) is -1.94. The van der Waals surface area contributed by atoms with Gasteiger partial charge in [-0.2, -0.15) is 0 Å². The van der Waals surface area contributed by atoms with Crippen LogP contribution in [0.2, 0.25) is 0 Å². The van der Waals surface area contributed by atoms with Gasteiger partial charge in [-0.1, -0.05) is 12.1 Å². The summed E-state index contributed by atoms with van der Waals surface area (Å²) >= 11 is 0. The molecular formula is C22H24FN3O5S. The molecule has 1 saturated heterocycles. The van der Waals surface area contributed by atoms with Gasteiger partial charge in [0.2, 0.25) is 5.91 Å². The predicted molar refractivity (Wildman–Crippen MR) is 118 cm³/mol. The number of ether oxygens (including phenoxy) is 1. The molecule has 2 aromatic rings. The highest BCUT2D eigenvalue weighted by Gasteiger charge is 2.30. The Labute approximate surface area is 185 Å². The third-order valence-electron chi connectivity index (χ3n) is 5.42. The van der Waals surface area contributed by atoms with Crippen LogP contribution in [0.5, 0.6) is 0 Å². The van der Waals surface area contributed by atoms with Crippen molar-refractivity contribution in [1.82, 2.24) is 5.32 Å². The number of sulfone groups is 1. The van der Waals surface area contributed by atoms with E-state index in [1.807, 2.05) is 0 Å². The van der Waals surface area contributed by atoms with Gasteiger partial charge in [0.15, 0.2) is 9.84 Å². The van der Waals surface area contributed by atoms with Crippen LogP contribution in [0, 0.1) is 5.82 Å². The lowest BCUT2D eigenvalue weighted by Crippen LogP contribution is -2.43. The number of hydrogen-bond donors (Lipinski definition) is 3. The van der Waals surface area contributed by atoms with Crippen LogP contribution in [0.1, 0.15) is 28.8 Å². The van der Waals surface area contributed by atoms with E-state index in [1.54, 1.807) is 18.2 Å². The van der Waals surface area contributed by atoms with E-state index in [9.17, 15) is 22.4 Å². The zero-order chi connectivity index (χ0) is 22.7. The Morgan fingerprint density at radius 1 is 1.16 bits per heavy atom. The van der Waals surface area contributed by atoms with Gasteiger partial charge >= 0.3 is 0 Å². The van der Waals surface area contributed by atoms with Crippen LogP contribution in [0.4, 0.5) is 15.8 Å². The molecule has 3 N–H and O–H groups in total. The van der Waals surface area contributed by atoms with Crippen molar-refractivity contribution in [3.63, 3.8) is 0 Å². The topological polar surface area (TPSA) is 114 Å². The zero-order valence-corrected chi connectivity index (χ0v) is 18.1. The van der Waals surface area contributed by atoms with Gasteiger partial charge in [-0.15, -0.1) is 0 Å². The number of amides is 2. The molecule has 2 heterocycles. The summed E-state index contributed by atoms with van der Waals surface area (Å²) in [5.41, 5.74) is 1.77. The Balaban J connectivity index is 1.39. The smallest absolute Gasteiger partial charge is 0.251 e. The second-order valence-corrected chi connectivity index (χ2v) is 10.1. The minimum absolute atomic E-state index is 0.0237. The fraction of sp³-hybridized carbons (Fsp3) is 0.364. The molecule has 2 aromatic carbocycles. The third-order valence-corrected chi connectivity index (χ3v) is 7.03. The van der Waals surface area contributed by atoms with Crippen LogP contribution in [-0.2, 0) is 25.1 Å². The molecule has 0 saturated carbocycles. The van der Waals surface area contributed by atoms with Crippen molar-refractivity contribution in [2.45, 2.75) is 30.7 Å². The summed E-state index contributed by atoms with van der Waals surface area (Å²) in [6.45, 7) is 1.13. The Morgan fingerprint density at radius 3 is 2.66 bits per heavy atom. The Morgan fingerprint density at radius 2 is 1.94 bits per heavy atom. The molecule has 10 heteroatoms. The van der Waals surface area contributed by atoms with E-state index in [1.165, 1.54) is 24.3 Å². The third kappa shape index (κ3) is 5.43. The van der Waals surface area contributed by atoms with Crippen molar-refractivity contribution >= 4 is 33.0 Å². The number of anilines is 2. The Kier molecular flexibility index (Phi) is 6.43. The van der Waals surface area contributed by atoms with Gasteiger partial charge in [0.25, 0.3) is 5.91 Å². The Bertz CT molecular complexity index is 1110. The van der Waals surface area contributed by atoms with Gasteiger partial charge in [-0.05, 0) is 48.7 Å². The maximum Gasteiger partial charge on any atom is 0.251 e. The van der Waals surface area contributed by atoms with Gasteiger partial charge in [0.05, 0.1) is 29.0 Å². The number of hydrogen-bond acceptors (Lipinski definition) is 6. The highest BCUT2D eigenvalue weighted by Crippen LogP contribution is 2.28. The lowest BCUT2D eigenvalue weighted by Gasteiger charge is -2.27. The zero-order valence-electron chi connectivity index (χ0n) is 17.3. The molecule has 0 bridgehead atoms. The van der Waals surface area contributed by atoms with Gasteiger partial charge in [-0.3, -0.25) is 9.59 Å². The fourth-order valence-electron chi connectivity index (χ4n) is 3.77. The van der Waals surface area contributed by atoms with Gasteiger partial charge in [0.1, 0.15) is 11.9 Å². The summed E-state index contributed by atoms with van der Waals surface area (Å²) in [6, 6.07) is 9.01. The standard InChI is InChI=1S/C22H24FN3O5S/c23-16-6-3-14(4-7-16)12-32(29,30)13-20-22(28)26-19-10-15(5-8-18(19)25-20)21(27)24-11-17-2-1-9-31-17/h3-8,10,17,20,25H,1-2,9,11-13H2,(H,24,27)(H,26,28)/t17-,20+/m0/s1. The maximum absolute atomic E-state index is 13.0. The van der Waals surface area contributed by atoms with E-state index < -0.39 is 33.4 Å². The quantitative estimate of drug-likeness (QED) is 0.582. The van der Waals surface area contributed by atoms with E-state index in [0.717, 1.165) is 12.8 Å². The number of nitrogens with one attached hydrogen (secondary N) is 3. The van der Waals surface area contributed by atoms with E-state index in [4.69, 9.17) is 4.74 Å². The molecule has 0 radical (unpaired) electrons. The maximum atomic E-state index is 13.0. The number of carbonyl (C=O) groups is 2. The van der Waals surface area contributed by atoms with Crippen molar-refractivity contribution < 1.29 is 27.1 Å². The van der Waals surface area contributed by atoms with Crippen molar-refractivity contribution in [1.29, 1.82) is 0 Å². The summed E-state index contributed by atoms with van der Waals surface area (Å²) < 4.78 is 43.6. The van der Waals surface area contributed by atoms with E-state index in [2.05, 4.69) is 16.0 Å². The van der Waals surface area contributed by atoms with Crippen LogP contribution >= 0.6 is 0 Å². The molecule has 8 nitrogen and oxygen atoms in total. The normalized spacial score (nSPS) is 20.2. The minimum Gasteiger partial charge on any atom is -0.376 e. The molecule has 170 valence electrons. The molecule has 4 rings (SSSR count). The van der Waals surface area contributed by atoms with Crippen molar-refractivity contribution in [3.8, 4) is 0 Å². The second-order valence-electron chi connectivity index (χ2n) is 7.97. The first-order valence-electron chi connectivity index (χ1n) is 10.4. The fourth-order valence-corrected chi connectivity index (χ4v) is 5.33. The molecule has 2 atom stereocenters. The van der Waals surface area contributed by atoms with Crippen molar-refractivity contribution in [3.05, 3.63) is 59.4 Å². The van der Waals surface area contributed by atoms with Crippen LogP contribution in [-0.4, -0.2) is 51.3 Å². The van der Waals surface area contributed by atoms with Crippen LogP contribution < -0.4 is 16.0 Å². The monoisotopic (exact) mass is 461 g/mol. The largest absolute Gasteiger partial charge is 0.376 e. The molecule has 2 aliphatic rings. The average molecular weight is 462 g/mol. The van der Waals surface area contributed by atoms with E-state index in [0.29, 0.717) is 35.7 Å². The molecule has 0 unspecified atom stereocenters. The predicted octanol–water partition coefficient (Wildman–Crippen LogP) is 2.08. The minimum atomic E-state index is -3.64. The number of benzene rings is 2. The van der Waals surface area contributed by atoms with Gasteiger partial charge in [-0.25, -0.2) is 12.8 Å². The lowest BCUT2D eigenvalue weighted by atomic mass is 10.1. The first-order valence-corrected chi connectivity index (χ1v) is 12.2. The SMILES string of the molecule is O=C(NC[C@@H]1CCCO1)c1ccc2c(c1)NC(=O)[C@@H](CS(=O)(=O)Cc1ccc(F)cc1)N2. The molecular weight excluding hydrogens is 437 g/mol. The molecule has 32 heavy (non-hydrogen) atoms. The summed E-state index contributed by atoms with van der Waals surface area (Å²) in [6.07, 6.45) is 1.92. The molecule has 0 aliphatic carbocycles. The average Bonchev–Trinajstić information content (AvgIpc) is 3.27.